The van der Waals surface area contributed by atoms with Gasteiger partial charge in [0.25, 0.3) is 5.91 Å². The summed E-state index contributed by atoms with van der Waals surface area (Å²) in [5.41, 5.74) is -1.84. The van der Waals surface area contributed by atoms with Gasteiger partial charge in [0.05, 0.1) is 12.2 Å². The number of nitrogens with zero attached hydrogens (tertiary/aromatic N) is 2. The summed E-state index contributed by atoms with van der Waals surface area (Å²) in [6.45, 7) is 6.20. The third-order valence-electron chi connectivity index (χ3n) is 8.30. The van der Waals surface area contributed by atoms with Crippen LogP contribution in [0, 0.1) is 5.92 Å². The second-order valence-electron chi connectivity index (χ2n) is 10.8. The molecule has 2 aliphatic rings. The zero-order valence-corrected chi connectivity index (χ0v) is 23.1. The molecule has 1 saturated heterocycles. The average molecular weight is 551 g/mol. The Morgan fingerprint density at radius 1 is 1.08 bits per heavy atom. The summed E-state index contributed by atoms with van der Waals surface area (Å²) in [4.78, 5) is 41.0. The highest BCUT2D eigenvalue weighted by Gasteiger charge is 2.57. The molecule has 7 nitrogen and oxygen atoms in total. The number of rotatable bonds is 11. The Hall–Kier alpha value is -3.04. The molecule has 10 heteroatoms. The van der Waals surface area contributed by atoms with Crippen molar-refractivity contribution in [2.45, 2.75) is 90.3 Å². The molecule has 39 heavy (non-hydrogen) atoms. The first-order valence-electron chi connectivity index (χ1n) is 13.9. The molecule has 1 aromatic heterocycles. The third kappa shape index (κ3) is 5.26. The fourth-order valence-corrected chi connectivity index (χ4v) is 5.80. The van der Waals surface area contributed by atoms with Gasteiger partial charge in [-0.3, -0.25) is 9.69 Å². The molecule has 0 N–H and O–H groups in total. The summed E-state index contributed by atoms with van der Waals surface area (Å²) < 4.78 is 52.8. The van der Waals surface area contributed by atoms with Gasteiger partial charge in [-0.05, 0) is 63.0 Å². The number of amides is 3. The SMILES string of the molecule is CCCc1cc2c(C(F)(F)F)cc(=O)oc2c(CCC)c1OCCCCN1C(=O)N(C)C(C)(C2CCC2)C1=O. The van der Waals surface area contributed by atoms with Crippen LogP contribution in [-0.4, -0.2) is 47.5 Å². The van der Waals surface area contributed by atoms with E-state index in [0.29, 0.717) is 61.5 Å². The molecule has 2 aromatic rings. The molecule has 1 unspecified atom stereocenters. The lowest BCUT2D eigenvalue weighted by Crippen LogP contribution is -2.53. The number of hydrogen-bond acceptors (Lipinski definition) is 5. The second-order valence-corrected chi connectivity index (χ2v) is 10.8. The van der Waals surface area contributed by atoms with E-state index in [1.54, 1.807) is 11.9 Å². The molecular formula is C29H37F3N2O5. The predicted octanol–water partition coefficient (Wildman–Crippen LogP) is 6.33. The topological polar surface area (TPSA) is 80.1 Å². The normalized spacial score (nSPS) is 20.3. The van der Waals surface area contributed by atoms with Gasteiger partial charge in [0.15, 0.2) is 0 Å². The monoisotopic (exact) mass is 550 g/mol. The van der Waals surface area contributed by atoms with Crippen LogP contribution in [0.4, 0.5) is 18.0 Å². The molecule has 214 valence electrons. The van der Waals surface area contributed by atoms with Crippen molar-refractivity contribution >= 4 is 22.9 Å². The van der Waals surface area contributed by atoms with Crippen LogP contribution < -0.4 is 10.4 Å². The van der Waals surface area contributed by atoms with Crippen molar-refractivity contribution in [2.75, 3.05) is 20.2 Å². The standard InChI is InChI=1S/C29H37F3N2O5/c1-5-10-18-16-21-22(29(30,31)32)17-23(35)39-25(21)20(11-6-2)24(18)38-15-8-7-14-34-26(36)28(3,19-12-9-13-19)33(4)27(34)37/h16-17,19H,5-15H2,1-4H3. The number of aryl methyl sites for hydroxylation is 2. The van der Waals surface area contributed by atoms with E-state index in [4.69, 9.17) is 9.15 Å². The van der Waals surface area contributed by atoms with E-state index < -0.39 is 22.9 Å². The maximum Gasteiger partial charge on any atom is 0.417 e. The number of imide groups is 1. The second kappa shape index (κ2) is 11.2. The number of urea groups is 1. The fourth-order valence-electron chi connectivity index (χ4n) is 5.80. The van der Waals surface area contributed by atoms with E-state index >= 15 is 0 Å². The van der Waals surface area contributed by atoms with Crippen molar-refractivity contribution in [3.05, 3.63) is 39.2 Å². The number of unbranched alkanes of at least 4 members (excludes halogenated alkanes) is 1. The van der Waals surface area contributed by atoms with E-state index in [-0.39, 0.29) is 42.0 Å². The fraction of sp³-hybridized carbons (Fsp3) is 0.621. The number of fused-ring (bicyclic) bond motifs is 1. The molecule has 2 fully saturated rings. The van der Waals surface area contributed by atoms with Crippen LogP contribution in [0.2, 0.25) is 0 Å². The van der Waals surface area contributed by atoms with Gasteiger partial charge in [-0.1, -0.05) is 33.1 Å². The number of carbonyl (C=O) groups excluding carboxylic acids is 2. The molecule has 0 radical (unpaired) electrons. The van der Waals surface area contributed by atoms with Gasteiger partial charge in [-0.15, -0.1) is 0 Å². The summed E-state index contributed by atoms with van der Waals surface area (Å²) in [5, 5.41) is -0.133. The summed E-state index contributed by atoms with van der Waals surface area (Å²) in [6.07, 6.45) is 1.51. The first-order valence-corrected chi connectivity index (χ1v) is 13.9. The van der Waals surface area contributed by atoms with Gasteiger partial charge in [0.1, 0.15) is 16.9 Å². The van der Waals surface area contributed by atoms with Crippen LogP contribution in [0.3, 0.4) is 0 Å². The van der Waals surface area contributed by atoms with Gasteiger partial charge < -0.3 is 14.1 Å². The third-order valence-corrected chi connectivity index (χ3v) is 8.30. The predicted molar refractivity (Wildman–Crippen MR) is 141 cm³/mol. The van der Waals surface area contributed by atoms with Crippen LogP contribution in [0.1, 0.15) is 82.4 Å². The molecule has 0 bridgehead atoms. The lowest BCUT2D eigenvalue weighted by Gasteiger charge is -2.41. The largest absolute Gasteiger partial charge is 0.493 e. The van der Waals surface area contributed by atoms with Crippen molar-refractivity contribution in [1.29, 1.82) is 0 Å². The number of alkyl halides is 3. The minimum atomic E-state index is -4.70. The van der Waals surface area contributed by atoms with Crippen LogP contribution in [0.15, 0.2) is 21.3 Å². The van der Waals surface area contributed by atoms with Gasteiger partial charge in [0, 0.05) is 30.6 Å². The highest BCUT2D eigenvalue weighted by Crippen LogP contribution is 2.44. The van der Waals surface area contributed by atoms with E-state index in [2.05, 4.69) is 0 Å². The zero-order valence-electron chi connectivity index (χ0n) is 23.1. The smallest absolute Gasteiger partial charge is 0.417 e. The Morgan fingerprint density at radius 2 is 1.77 bits per heavy atom. The summed E-state index contributed by atoms with van der Waals surface area (Å²) in [6, 6.07) is 1.65. The van der Waals surface area contributed by atoms with Crippen molar-refractivity contribution in [3.8, 4) is 5.75 Å². The molecule has 1 aliphatic heterocycles. The van der Waals surface area contributed by atoms with Crippen LogP contribution in [0.25, 0.3) is 11.0 Å². The van der Waals surface area contributed by atoms with Gasteiger partial charge >= 0.3 is 17.8 Å². The Morgan fingerprint density at radius 3 is 2.36 bits per heavy atom. The van der Waals surface area contributed by atoms with Crippen LogP contribution in [-0.2, 0) is 23.8 Å². The Balaban J connectivity index is 1.52. The maximum atomic E-state index is 13.8. The maximum absolute atomic E-state index is 13.8. The van der Waals surface area contributed by atoms with E-state index in [9.17, 15) is 27.6 Å². The first-order chi connectivity index (χ1) is 18.4. The molecule has 1 saturated carbocycles. The molecule has 1 aromatic carbocycles. The minimum absolute atomic E-state index is 0.0851. The molecule has 1 atom stereocenters. The Bertz CT molecular complexity index is 1300. The van der Waals surface area contributed by atoms with Crippen molar-refractivity contribution in [2.24, 2.45) is 5.92 Å². The molecule has 0 spiro atoms. The van der Waals surface area contributed by atoms with Crippen molar-refractivity contribution in [1.82, 2.24) is 9.80 Å². The van der Waals surface area contributed by atoms with Crippen molar-refractivity contribution in [3.63, 3.8) is 0 Å². The number of likely N-dealkylation sites (N-methyl/N-ethyl adjacent to an activating group) is 1. The summed E-state index contributed by atoms with van der Waals surface area (Å²) >= 11 is 0. The minimum Gasteiger partial charge on any atom is -0.493 e. The van der Waals surface area contributed by atoms with Crippen LogP contribution >= 0.6 is 0 Å². The van der Waals surface area contributed by atoms with E-state index in [1.165, 1.54) is 11.0 Å². The summed E-state index contributed by atoms with van der Waals surface area (Å²) in [5.74, 6) is 0.493. The number of hydrogen-bond donors (Lipinski definition) is 0. The summed E-state index contributed by atoms with van der Waals surface area (Å²) in [7, 11) is 1.69. The number of benzene rings is 1. The van der Waals surface area contributed by atoms with E-state index in [1.807, 2.05) is 20.8 Å². The Labute approximate surface area is 226 Å². The first kappa shape index (κ1) is 29.0. The lowest BCUT2D eigenvalue weighted by molar-refractivity contribution is -0.137. The molecule has 3 amide bonds. The van der Waals surface area contributed by atoms with Crippen molar-refractivity contribution < 1.29 is 31.9 Å². The quantitative estimate of drug-likeness (QED) is 0.186. The molecule has 1 aliphatic carbocycles. The Kier molecular flexibility index (Phi) is 8.33. The average Bonchev–Trinajstić information content (AvgIpc) is 2.99. The highest BCUT2D eigenvalue weighted by molar-refractivity contribution is 6.06. The number of halogens is 3. The van der Waals surface area contributed by atoms with E-state index in [0.717, 1.165) is 19.3 Å². The molecule has 4 rings (SSSR count). The molecule has 2 heterocycles. The zero-order chi connectivity index (χ0) is 28.5. The van der Waals surface area contributed by atoms with Gasteiger partial charge in [-0.25, -0.2) is 9.59 Å². The number of ether oxygens (including phenoxy) is 1. The van der Waals surface area contributed by atoms with Gasteiger partial charge in [0.2, 0.25) is 0 Å². The lowest BCUT2D eigenvalue weighted by atomic mass is 9.71. The highest BCUT2D eigenvalue weighted by atomic mass is 19.4. The van der Waals surface area contributed by atoms with Crippen LogP contribution in [0.5, 0.6) is 5.75 Å². The number of carbonyl (C=O) groups is 2. The molecular weight excluding hydrogens is 513 g/mol. The van der Waals surface area contributed by atoms with Gasteiger partial charge in [-0.2, -0.15) is 13.2 Å².